The van der Waals surface area contributed by atoms with Crippen LogP contribution in [0.25, 0.3) is 0 Å². The highest BCUT2D eigenvalue weighted by Gasteiger charge is 2.31. The Morgan fingerprint density at radius 3 is 2.08 bits per heavy atom. The van der Waals surface area contributed by atoms with Gasteiger partial charge in [-0.15, -0.1) is 0 Å². The lowest BCUT2D eigenvalue weighted by Crippen LogP contribution is -2.42. The van der Waals surface area contributed by atoms with Gasteiger partial charge in [0.1, 0.15) is 0 Å². The Morgan fingerprint density at radius 2 is 1.77 bits per heavy atom. The molecular formula is C8H17F3N2. The maximum atomic E-state index is 12.0. The lowest BCUT2D eigenvalue weighted by atomic mass is 10.0. The molecule has 2 N–H and O–H groups in total. The number of hydrogen-bond donors (Lipinski definition) is 1. The highest BCUT2D eigenvalue weighted by atomic mass is 19.4. The summed E-state index contributed by atoms with van der Waals surface area (Å²) in [7, 11) is 1.46. The second-order valence-electron chi connectivity index (χ2n) is 3.48. The smallest absolute Gasteiger partial charge is 0.330 e. The quantitative estimate of drug-likeness (QED) is 0.741. The van der Waals surface area contributed by atoms with E-state index < -0.39 is 12.7 Å². The number of hydrogen-bond acceptors (Lipinski definition) is 2. The van der Waals surface area contributed by atoms with Crippen molar-refractivity contribution in [3.05, 3.63) is 0 Å². The first kappa shape index (κ1) is 12.7. The molecule has 0 rings (SSSR count). The van der Waals surface area contributed by atoms with E-state index in [1.165, 1.54) is 11.9 Å². The van der Waals surface area contributed by atoms with E-state index in [4.69, 9.17) is 5.73 Å². The first-order valence-electron chi connectivity index (χ1n) is 4.25. The minimum Gasteiger partial charge on any atom is -0.330 e. The van der Waals surface area contributed by atoms with Crippen LogP contribution in [0.5, 0.6) is 0 Å². The molecular weight excluding hydrogens is 181 g/mol. The van der Waals surface area contributed by atoms with Crippen molar-refractivity contribution in [3.8, 4) is 0 Å². The lowest BCUT2D eigenvalue weighted by molar-refractivity contribution is -0.148. The predicted molar refractivity (Wildman–Crippen MR) is 46.4 cm³/mol. The molecule has 13 heavy (non-hydrogen) atoms. The van der Waals surface area contributed by atoms with E-state index in [0.717, 1.165) is 0 Å². The molecule has 0 aromatic rings. The van der Waals surface area contributed by atoms with E-state index in [0.29, 0.717) is 6.54 Å². The summed E-state index contributed by atoms with van der Waals surface area (Å²) in [6, 6.07) is -0.147. The fourth-order valence-electron chi connectivity index (χ4n) is 1.06. The average molecular weight is 198 g/mol. The second kappa shape index (κ2) is 4.81. The van der Waals surface area contributed by atoms with Gasteiger partial charge in [0.25, 0.3) is 0 Å². The standard InChI is InChI=1S/C8H17F3N2/c1-6(4-12)7(2)13(3)5-8(9,10)11/h6-7H,4-5,12H2,1-3H3. The molecule has 0 saturated heterocycles. The van der Waals surface area contributed by atoms with Gasteiger partial charge in [0.15, 0.2) is 0 Å². The topological polar surface area (TPSA) is 29.3 Å². The molecule has 0 aromatic heterocycles. The summed E-state index contributed by atoms with van der Waals surface area (Å²) in [6.45, 7) is 3.13. The second-order valence-corrected chi connectivity index (χ2v) is 3.48. The highest BCUT2D eigenvalue weighted by molar-refractivity contribution is 4.72. The van der Waals surface area contributed by atoms with Crippen LogP contribution in [-0.2, 0) is 0 Å². The van der Waals surface area contributed by atoms with Gasteiger partial charge in [-0.05, 0) is 26.4 Å². The fraction of sp³-hybridized carbons (Fsp3) is 1.00. The van der Waals surface area contributed by atoms with Crippen molar-refractivity contribution in [2.24, 2.45) is 11.7 Å². The summed E-state index contributed by atoms with van der Waals surface area (Å²) in [4.78, 5) is 1.28. The molecule has 0 heterocycles. The van der Waals surface area contributed by atoms with E-state index in [2.05, 4.69) is 0 Å². The van der Waals surface area contributed by atoms with Crippen LogP contribution in [0.2, 0.25) is 0 Å². The molecule has 0 aromatic carbocycles. The van der Waals surface area contributed by atoms with Gasteiger partial charge in [-0.25, -0.2) is 0 Å². The van der Waals surface area contributed by atoms with Crippen LogP contribution in [0.15, 0.2) is 0 Å². The molecule has 0 fully saturated rings. The minimum atomic E-state index is -4.13. The van der Waals surface area contributed by atoms with Gasteiger partial charge < -0.3 is 5.73 Å². The fourth-order valence-corrected chi connectivity index (χ4v) is 1.06. The molecule has 0 aliphatic rings. The van der Waals surface area contributed by atoms with E-state index >= 15 is 0 Å². The number of halogens is 3. The largest absolute Gasteiger partial charge is 0.401 e. The van der Waals surface area contributed by atoms with Gasteiger partial charge >= 0.3 is 6.18 Å². The molecule has 5 heteroatoms. The Morgan fingerprint density at radius 1 is 1.31 bits per heavy atom. The van der Waals surface area contributed by atoms with Gasteiger partial charge in [-0.3, -0.25) is 4.90 Å². The molecule has 80 valence electrons. The molecule has 0 saturated carbocycles. The van der Waals surface area contributed by atoms with Crippen LogP contribution in [0.4, 0.5) is 13.2 Å². The van der Waals surface area contributed by atoms with Crippen LogP contribution in [0.1, 0.15) is 13.8 Å². The van der Waals surface area contributed by atoms with E-state index in [-0.39, 0.29) is 12.0 Å². The van der Waals surface area contributed by atoms with Crippen molar-refractivity contribution < 1.29 is 13.2 Å². The monoisotopic (exact) mass is 198 g/mol. The van der Waals surface area contributed by atoms with Gasteiger partial charge in [0, 0.05) is 6.04 Å². The molecule has 0 bridgehead atoms. The van der Waals surface area contributed by atoms with Crippen molar-refractivity contribution in [2.45, 2.75) is 26.1 Å². The number of rotatable bonds is 4. The third kappa shape index (κ3) is 5.10. The third-order valence-corrected chi connectivity index (χ3v) is 2.32. The van der Waals surface area contributed by atoms with Gasteiger partial charge in [0.2, 0.25) is 0 Å². The SMILES string of the molecule is CC(CN)C(C)N(C)CC(F)(F)F. The van der Waals surface area contributed by atoms with Crippen LogP contribution in [0, 0.1) is 5.92 Å². The molecule has 0 radical (unpaired) electrons. The molecule has 0 aliphatic carbocycles. The number of nitrogens with zero attached hydrogens (tertiary/aromatic N) is 1. The molecule has 0 aliphatic heterocycles. The average Bonchev–Trinajstić information content (AvgIpc) is 1.98. The molecule has 2 unspecified atom stereocenters. The summed E-state index contributed by atoms with van der Waals surface area (Å²) in [5.74, 6) is 0.0762. The number of alkyl halides is 3. The number of nitrogens with two attached hydrogens (primary N) is 1. The van der Waals surface area contributed by atoms with Crippen LogP contribution >= 0.6 is 0 Å². The Kier molecular flexibility index (Phi) is 4.70. The Bertz CT molecular complexity index is 147. The molecule has 2 nitrogen and oxygen atoms in total. The first-order valence-corrected chi connectivity index (χ1v) is 4.25. The minimum absolute atomic E-state index is 0.0762. The van der Waals surface area contributed by atoms with Crippen LogP contribution in [-0.4, -0.2) is 37.3 Å². The first-order chi connectivity index (χ1) is 5.78. The normalized spacial score (nSPS) is 17.5. The van der Waals surface area contributed by atoms with Crippen molar-refractivity contribution in [1.29, 1.82) is 0 Å². The molecule has 2 atom stereocenters. The van der Waals surface area contributed by atoms with Crippen molar-refractivity contribution in [2.75, 3.05) is 20.1 Å². The Hall–Kier alpha value is -0.290. The van der Waals surface area contributed by atoms with Gasteiger partial charge in [0.05, 0.1) is 6.54 Å². The van der Waals surface area contributed by atoms with Crippen molar-refractivity contribution in [3.63, 3.8) is 0 Å². The summed E-state index contributed by atoms with van der Waals surface area (Å²) in [6.07, 6.45) is -4.13. The van der Waals surface area contributed by atoms with E-state index in [9.17, 15) is 13.2 Å². The third-order valence-electron chi connectivity index (χ3n) is 2.32. The zero-order valence-corrected chi connectivity index (χ0v) is 8.23. The van der Waals surface area contributed by atoms with Gasteiger partial charge in [-0.1, -0.05) is 6.92 Å². The van der Waals surface area contributed by atoms with Crippen LogP contribution in [0.3, 0.4) is 0 Å². The summed E-state index contributed by atoms with van der Waals surface area (Å²) >= 11 is 0. The summed E-state index contributed by atoms with van der Waals surface area (Å²) < 4.78 is 35.9. The zero-order chi connectivity index (χ0) is 10.6. The maximum Gasteiger partial charge on any atom is 0.401 e. The lowest BCUT2D eigenvalue weighted by Gasteiger charge is -2.29. The Labute approximate surface area is 76.9 Å². The predicted octanol–water partition coefficient (Wildman–Crippen LogP) is 1.46. The maximum absolute atomic E-state index is 12.0. The summed E-state index contributed by atoms with van der Waals surface area (Å²) in [5, 5.41) is 0. The molecule has 0 amide bonds. The zero-order valence-electron chi connectivity index (χ0n) is 8.23. The molecule has 0 spiro atoms. The highest BCUT2D eigenvalue weighted by Crippen LogP contribution is 2.18. The van der Waals surface area contributed by atoms with E-state index in [1.54, 1.807) is 6.92 Å². The van der Waals surface area contributed by atoms with Crippen molar-refractivity contribution >= 4 is 0 Å². The summed E-state index contributed by atoms with van der Waals surface area (Å²) in [5.41, 5.74) is 5.37. The van der Waals surface area contributed by atoms with Crippen LogP contribution < -0.4 is 5.73 Å². The van der Waals surface area contributed by atoms with Crippen molar-refractivity contribution in [1.82, 2.24) is 4.90 Å². The van der Waals surface area contributed by atoms with Gasteiger partial charge in [-0.2, -0.15) is 13.2 Å². The van der Waals surface area contributed by atoms with E-state index in [1.807, 2.05) is 6.92 Å². The Balaban J connectivity index is 4.03.